The van der Waals surface area contributed by atoms with Gasteiger partial charge in [0.15, 0.2) is 5.76 Å². The molecule has 0 aliphatic carbocycles. The predicted molar refractivity (Wildman–Crippen MR) is 109 cm³/mol. The van der Waals surface area contributed by atoms with Gasteiger partial charge in [0.05, 0.1) is 11.3 Å². The fraction of sp³-hybridized carbons (Fsp3) is 0.167. The number of hydrogen-bond donors (Lipinski definition) is 0. The number of hydrogen-bond acceptors (Lipinski definition) is 5. The fourth-order valence-electron chi connectivity index (χ4n) is 3.84. The normalized spacial score (nSPS) is 16.7. The third-order valence-electron chi connectivity index (χ3n) is 5.29. The number of rotatable bonds is 3. The Balaban J connectivity index is 1.42. The van der Waals surface area contributed by atoms with Gasteiger partial charge in [0.2, 0.25) is 5.78 Å². The first-order valence-electron chi connectivity index (χ1n) is 9.70. The maximum Gasteiger partial charge on any atom is 0.232 e. The van der Waals surface area contributed by atoms with E-state index in [1.54, 1.807) is 24.4 Å². The number of nitrogens with zero attached hydrogens (tertiary/aromatic N) is 2. The Kier molecular flexibility index (Phi) is 4.56. The van der Waals surface area contributed by atoms with E-state index in [-0.39, 0.29) is 17.4 Å². The predicted octanol–water partition coefficient (Wildman–Crippen LogP) is 4.50. The van der Waals surface area contributed by atoms with Gasteiger partial charge in [-0.05, 0) is 42.8 Å². The molecule has 0 fully saturated rings. The average molecular weight is 402 g/mol. The van der Waals surface area contributed by atoms with Crippen LogP contribution in [0.1, 0.15) is 32.7 Å². The van der Waals surface area contributed by atoms with Crippen molar-refractivity contribution in [3.8, 4) is 11.5 Å². The number of ether oxygens (including phenoxy) is 2. The second kappa shape index (κ2) is 7.39. The number of carbonyl (C=O) groups excluding carboxylic acids is 1. The molecule has 0 N–H and O–H groups in total. The number of benzene rings is 2. The first kappa shape index (κ1) is 18.5. The van der Waals surface area contributed by atoms with Crippen LogP contribution in [0.15, 0.2) is 60.5 Å². The van der Waals surface area contributed by atoms with E-state index < -0.39 is 0 Å². The Bertz CT molecular complexity index is 1160. The van der Waals surface area contributed by atoms with Gasteiger partial charge in [-0.3, -0.25) is 14.7 Å². The molecule has 0 radical (unpaired) electrons. The molecule has 1 aromatic heterocycles. The molecule has 5 nitrogen and oxygen atoms in total. The summed E-state index contributed by atoms with van der Waals surface area (Å²) in [5, 5.41) is 0. The first-order chi connectivity index (χ1) is 14.6. The fourth-order valence-corrected chi connectivity index (χ4v) is 3.84. The lowest BCUT2D eigenvalue weighted by Crippen LogP contribution is -2.32. The molecule has 0 amide bonds. The Morgan fingerprint density at radius 1 is 1.17 bits per heavy atom. The van der Waals surface area contributed by atoms with Crippen molar-refractivity contribution in [3.05, 3.63) is 94.3 Å². The molecule has 2 aromatic carbocycles. The van der Waals surface area contributed by atoms with Crippen LogP contribution >= 0.6 is 0 Å². The number of fused-ring (bicyclic) bond motifs is 2. The van der Waals surface area contributed by atoms with Crippen LogP contribution in [0.4, 0.5) is 4.39 Å². The van der Waals surface area contributed by atoms with Gasteiger partial charge in [0.1, 0.15) is 24.0 Å². The van der Waals surface area contributed by atoms with Crippen LogP contribution in [-0.4, -0.2) is 22.4 Å². The van der Waals surface area contributed by atoms with Crippen molar-refractivity contribution >= 4 is 11.9 Å². The maximum atomic E-state index is 13.1. The molecule has 3 heterocycles. The molecular formula is C24H19FN2O3. The Morgan fingerprint density at radius 2 is 2.00 bits per heavy atom. The van der Waals surface area contributed by atoms with Gasteiger partial charge in [0.25, 0.3) is 0 Å². The summed E-state index contributed by atoms with van der Waals surface area (Å²) in [6.07, 6.45) is 3.33. The lowest BCUT2D eigenvalue weighted by atomic mass is 10.00. The van der Waals surface area contributed by atoms with E-state index in [4.69, 9.17) is 9.47 Å². The van der Waals surface area contributed by atoms with Crippen LogP contribution in [0.25, 0.3) is 6.08 Å². The number of aromatic nitrogens is 1. The van der Waals surface area contributed by atoms with Crippen molar-refractivity contribution in [2.45, 2.75) is 20.0 Å². The molecular weight excluding hydrogens is 383 g/mol. The molecule has 3 aromatic rings. The van der Waals surface area contributed by atoms with Gasteiger partial charge in [-0.1, -0.05) is 18.2 Å². The highest BCUT2D eigenvalue weighted by Crippen LogP contribution is 2.43. The van der Waals surface area contributed by atoms with Crippen LogP contribution < -0.4 is 9.47 Å². The molecule has 5 rings (SSSR count). The van der Waals surface area contributed by atoms with Gasteiger partial charge >= 0.3 is 0 Å². The number of pyridine rings is 1. The van der Waals surface area contributed by atoms with Gasteiger partial charge in [0, 0.05) is 36.5 Å². The quantitative estimate of drug-likeness (QED) is 0.604. The number of allylic oxidation sites excluding steroid dienone is 1. The van der Waals surface area contributed by atoms with Gasteiger partial charge < -0.3 is 9.47 Å². The number of carbonyl (C=O) groups is 1. The Morgan fingerprint density at radius 3 is 2.77 bits per heavy atom. The van der Waals surface area contributed by atoms with Gasteiger partial charge in [-0.25, -0.2) is 4.39 Å². The lowest BCUT2D eigenvalue weighted by molar-refractivity contribution is 0.0876. The van der Waals surface area contributed by atoms with Crippen LogP contribution in [0.3, 0.4) is 0 Å². The molecule has 0 saturated heterocycles. The van der Waals surface area contributed by atoms with Crippen LogP contribution in [0.5, 0.6) is 11.5 Å². The Labute approximate surface area is 173 Å². The Hall–Kier alpha value is -3.51. The summed E-state index contributed by atoms with van der Waals surface area (Å²) in [6, 6.07) is 13.8. The van der Waals surface area contributed by atoms with Crippen molar-refractivity contribution in [2.75, 3.05) is 6.73 Å². The van der Waals surface area contributed by atoms with Crippen LogP contribution in [0, 0.1) is 12.7 Å². The van der Waals surface area contributed by atoms with Gasteiger partial charge in [-0.15, -0.1) is 0 Å². The van der Waals surface area contributed by atoms with Crippen molar-refractivity contribution in [1.29, 1.82) is 0 Å². The molecule has 0 saturated carbocycles. The summed E-state index contributed by atoms with van der Waals surface area (Å²) in [5.74, 6) is 1.16. The van der Waals surface area contributed by atoms with Crippen molar-refractivity contribution in [3.63, 3.8) is 0 Å². The number of halogens is 1. The molecule has 150 valence electrons. The second-order valence-electron chi connectivity index (χ2n) is 7.45. The van der Waals surface area contributed by atoms with E-state index >= 15 is 0 Å². The summed E-state index contributed by atoms with van der Waals surface area (Å²) in [4.78, 5) is 19.3. The molecule has 2 aliphatic heterocycles. The molecule has 0 bridgehead atoms. The zero-order chi connectivity index (χ0) is 20.7. The summed E-state index contributed by atoms with van der Waals surface area (Å²) >= 11 is 0. The monoisotopic (exact) mass is 402 g/mol. The van der Waals surface area contributed by atoms with E-state index in [0.29, 0.717) is 36.8 Å². The third kappa shape index (κ3) is 3.35. The van der Waals surface area contributed by atoms with E-state index in [2.05, 4.69) is 9.88 Å². The van der Waals surface area contributed by atoms with Crippen LogP contribution in [-0.2, 0) is 13.1 Å². The second-order valence-corrected chi connectivity index (χ2v) is 7.45. The maximum absolute atomic E-state index is 13.1. The average Bonchev–Trinajstić information content (AvgIpc) is 3.06. The van der Waals surface area contributed by atoms with Gasteiger partial charge in [-0.2, -0.15) is 0 Å². The highest BCUT2D eigenvalue weighted by atomic mass is 19.1. The lowest BCUT2D eigenvalue weighted by Gasteiger charge is -2.30. The third-order valence-corrected chi connectivity index (χ3v) is 5.29. The minimum Gasteiger partial charge on any atom is -0.477 e. The van der Waals surface area contributed by atoms with Crippen molar-refractivity contribution in [2.24, 2.45) is 0 Å². The van der Waals surface area contributed by atoms with E-state index in [1.807, 2.05) is 31.2 Å². The highest BCUT2D eigenvalue weighted by molar-refractivity contribution is 6.15. The zero-order valence-corrected chi connectivity index (χ0v) is 16.4. The minimum absolute atomic E-state index is 0.155. The molecule has 0 unspecified atom stereocenters. The molecule has 2 aliphatic rings. The standard InChI is InChI=1S/C24H19FN2O3/c1-15-23-17(13-27(14-29-23)12-16-5-7-18(25)8-6-16)10-20-22(28)21(30-24(15)20)11-19-4-2-3-9-26-19/h2-11H,12-14H2,1H3/b21-11-. The van der Waals surface area contributed by atoms with Crippen molar-refractivity contribution in [1.82, 2.24) is 9.88 Å². The molecule has 0 atom stereocenters. The SMILES string of the molecule is Cc1c2c(cc3c1O/C(=C\c1ccccn1)C3=O)CN(Cc1ccc(F)cc1)CO2. The van der Waals surface area contributed by atoms with Crippen LogP contribution in [0.2, 0.25) is 0 Å². The summed E-state index contributed by atoms with van der Waals surface area (Å²) < 4.78 is 25.1. The topological polar surface area (TPSA) is 51.7 Å². The van der Waals surface area contributed by atoms with E-state index in [0.717, 1.165) is 22.4 Å². The number of Topliss-reactive ketones (excluding diaryl/α,β-unsaturated/α-hetero) is 1. The van der Waals surface area contributed by atoms with Crippen molar-refractivity contribution < 1.29 is 18.7 Å². The smallest absolute Gasteiger partial charge is 0.232 e. The highest BCUT2D eigenvalue weighted by Gasteiger charge is 2.33. The molecule has 6 heteroatoms. The largest absolute Gasteiger partial charge is 0.477 e. The molecule has 0 spiro atoms. The summed E-state index contributed by atoms with van der Waals surface area (Å²) in [6.45, 7) is 3.58. The molecule has 30 heavy (non-hydrogen) atoms. The first-order valence-corrected chi connectivity index (χ1v) is 9.70. The minimum atomic E-state index is -0.252. The zero-order valence-electron chi connectivity index (χ0n) is 16.4. The summed E-state index contributed by atoms with van der Waals surface area (Å²) in [7, 11) is 0. The summed E-state index contributed by atoms with van der Waals surface area (Å²) in [5.41, 5.74) is 3.97. The number of ketones is 1. The van der Waals surface area contributed by atoms with E-state index in [1.165, 1.54) is 12.1 Å². The van der Waals surface area contributed by atoms with E-state index in [9.17, 15) is 9.18 Å².